The molecular weight excluding hydrogens is 285 g/mol. The van der Waals surface area contributed by atoms with Crippen LogP contribution in [0, 0.1) is 11.3 Å². The molecule has 0 unspecified atom stereocenters. The summed E-state index contributed by atoms with van der Waals surface area (Å²) < 4.78 is 43.5. The van der Waals surface area contributed by atoms with Gasteiger partial charge in [-0.15, -0.1) is 0 Å². The van der Waals surface area contributed by atoms with E-state index >= 15 is 0 Å². The first-order valence-electron chi connectivity index (χ1n) is 6.32. The summed E-state index contributed by atoms with van der Waals surface area (Å²) in [7, 11) is 0. The zero-order chi connectivity index (χ0) is 16.0. The van der Waals surface area contributed by atoms with Crippen molar-refractivity contribution < 1.29 is 22.7 Å². The summed E-state index contributed by atoms with van der Waals surface area (Å²) in [6.45, 7) is 3.03. The van der Waals surface area contributed by atoms with Gasteiger partial charge in [0.15, 0.2) is 6.10 Å². The van der Waals surface area contributed by atoms with Gasteiger partial charge in [0, 0.05) is 0 Å². The van der Waals surface area contributed by atoms with E-state index in [0.717, 1.165) is 12.1 Å². The largest absolute Gasteiger partial charge is 0.480 e. The van der Waals surface area contributed by atoms with Crippen molar-refractivity contribution in [3.63, 3.8) is 0 Å². The highest BCUT2D eigenvalue weighted by molar-refractivity contribution is 5.81. The molecule has 1 N–H and O–H groups in total. The third-order valence-corrected chi connectivity index (χ3v) is 2.75. The van der Waals surface area contributed by atoms with Crippen LogP contribution in [0.1, 0.15) is 25.8 Å². The molecule has 0 bridgehead atoms. The summed E-state index contributed by atoms with van der Waals surface area (Å²) >= 11 is 0. The molecule has 1 amide bonds. The van der Waals surface area contributed by atoms with Gasteiger partial charge < -0.3 is 10.1 Å². The number of rotatable bonds is 5. The van der Waals surface area contributed by atoms with Crippen molar-refractivity contribution >= 4 is 5.91 Å². The van der Waals surface area contributed by atoms with E-state index in [1.807, 2.05) is 6.07 Å². The average Bonchev–Trinajstić information content (AvgIpc) is 2.43. The highest BCUT2D eigenvalue weighted by atomic mass is 19.4. The molecule has 1 aromatic carbocycles. The van der Waals surface area contributed by atoms with Gasteiger partial charge in [0.1, 0.15) is 11.8 Å². The predicted molar refractivity (Wildman–Crippen MR) is 69.4 cm³/mol. The van der Waals surface area contributed by atoms with E-state index in [0.29, 0.717) is 6.42 Å². The second kappa shape index (κ2) is 6.97. The van der Waals surface area contributed by atoms with Gasteiger partial charge >= 0.3 is 6.18 Å². The molecule has 21 heavy (non-hydrogen) atoms. The first-order valence-corrected chi connectivity index (χ1v) is 6.32. The Hall–Kier alpha value is -2.23. The number of amides is 1. The third-order valence-electron chi connectivity index (χ3n) is 2.75. The Labute approximate surface area is 120 Å². The molecule has 0 fully saturated rings. The molecule has 0 aliphatic rings. The number of ether oxygens (including phenoxy) is 1. The highest BCUT2D eigenvalue weighted by Crippen LogP contribution is 2.36. The fourth-order valence-corrected chi connectivity index (χ4v) is 1.56. The minimum absolute atomic E-state index is 0.397. The molecule has 0 saturated carbocycles. The number of para-hydroxylation sites is 1. The second-order valence-electron chi connectivity index (χ2n) is 4.35. The Morgan fingerprint density at radius 1 is 1.43 bits per heavy atom. The van der Waals surface area contributed by atoms with Gasteiger partial charge in [-0.1, -0.05) is 19.1 Å². The van der Waals surface area contributed by atoms with Crippen molar-refractivity contribution in [2.24, 2.45) is 0 Å². The molecule has 1 rings (SSSR count). The number of alkyl halides is 3. The van der Waals surface area contributed by atoms with E-state index in [-0.39, 0.29) is 0 Å². The van der Waals surface area contributed by atoms with Crippen molar-refractivity contribution in [1.29, 1.82) is 5.26 Å². The number of nitrogens with one attached hydrogen (secondary N) is 1. The van der Waals surface area contributed by atoms with Gasteiger partial charge in [0.2, 0.25) is 0 Å². The van der Waals surface area contributed by atoms with Gasteiger partial charge in [-0.2, -0.15) is 18.4 Å². The van der Waals surface area contributed by atoms with E-state index in [9.17, 15) is 18.0 Å². The Balaban J connectivity index is 2.83. The average molecular weight is 300 g/mol. The van der Waals surface area contributed by atoms with E-state index in [1.165, 1.54) is 19.1 Å². The molecule has 4 nitrogen and oxygen atoms in total. The van der Waals surface area contributed by atoms with Crippen molar-refractivity contribution in [2.75, 3.05) is 0 Å². The zero-order valence-corrected chi connectivity index (χ0v) is 11.6. The number of nitriles is 1. The molecular formula is C14H15F3N2O2. The minimum atomic E-state index is -4.56. The van der Waals surface area contributed by atoms with E-state index in [2.05, 4.69) is 5.32 Å². The van der Waals surface area contributed by atoms with E-state index < -0.39 is 35.5 Å². The molecule has 7 heteroatoms. The zero-order valence-electron chi connectivity index (χ0n) is 11.6. The van der Waals surface area contributed by atoms with Crippen molar-refractivity contribution in [1.82, 2.24) is 5.32 Å². The van der Waals surface area contributed by atoms with Crippen LogP contribution in [0.3, 0.4) is 0 Å². The lowest BCUT2D eigenvalue weighted by molar-refractivity contribution is -0.140. The van der Waals surface area contributed by atoms with Crippen LogP contribution in [0.4, 0.5) is 13.2 Å². The van der Waals surface area contributed by atoms with Gasteiger partial charge in [-0.25, -0.2) is 0 Å². The normalized spacial score (nSPS) is 13.9. The van der Waals surface area contributed by atoms with Crippen molar-refractivity contribution in [3.8, 4) is 11.8 Å². The van der Waals surface area contributed by atoms with Crippen LogP contribution >= 0.6 is 0 Å². The maximum atomic E-state index is 12.8. The van der Waals surface area contributed by atoms with Crippen molar-refractivity contribution in [3.05, 3.63) is 29.8 Å². The number of carbonyl (C=O) groups excluding carboxylic acids is 1. The first kappa shape index (κ1) is 16.8. The maximum absolute atomic E-state index is 12.8. The summed E-state index contributed by atoms with van der Waals surface area (Å²) in [6, 6.07) is 5.83. The number of hydrogen-bond donors (Lipinski definition) is 1. The summed E-state index contributed by atoms with van der Waals surface area (Å²) in [4.78, 5) is 11.8. The standard InChI is InChI=1S/C14H15F3N2O2/c1-3-10(8-18)19-13(20)9(2)21-12-7-5-4-6-11(12)14(15,16)17/h4-7,9-10H,3H2,1-2H3,(H,19,20)/t9-,10+/m1/s1. The molecule has 0 aromatic heterocycles. The van der Waals surface area contributed by atoms with E-state index in [1.54, 1.807) is 6.92 Å². The summed E-state index contributed by atoms with van der Waals surface area (Å²) in [5, 5.41) is 11.1. The van der Waals surface area contributed by atoms with E-state index in [4.69, 9.17) is 10.00 Å². The van der Waals surface area contributed by atoms with Gasteiger partial charge in [-0.05, 0) is 25.5 Å². The number of halogens is 3. The number of hydrogen-bond acceptors (Lipinski definition) is 3. The lowest BCUT2D eigenvalue weighted by atomic mass is 10.2. The number of carbonyl (C=O) groups is 1. The van der Waals surface area contributed by atoms with Crippen molar-refractivity contribution in [2.45, 2.75) is 38.6 Å². The van der Waals surface area contributed by atoms with Crippen LogP contribution in [0.25, 0.3) is 0 Å². The van der Waals surface area contributed by atoms with Crippen LogP contribution in [0.5, 0.6) is 5.75 Å². The topological polar surface area (TPSA) is 62.1 Å². The molecule has 0 saturated heterocycles. The Morgan fingerprint density at radius 3 is 2.57 bits per heavy atom. The lowest BCUT2D eigenvalue weighted by Crippen LogP contribution is -2.41. The molecule has 0 aliphatic heterocycles. The summed E-state index contributed by atoms with van der Waals surface area (Å²) in [5.74, 6) is -1.06. The minimum Gasteiger partial charge on any atom is -0.480 e. The third kappa shape index (κ3) is 4.67. The lowest BCUT2D eigenvalue weighted by Gasteiger charge is -2.19. The smallest absolute Gasteiger partial charge is 0.419 e. The van der Waals surface area contributed by atoms with Crippen LogP contribution in [-0.2, 0) is 11.0 Å². The summed E-state index contributed by atoms with van der Waals surface area (Å²) in [5.41, 5.74) is -0.947. The van der Waals surface area contributed by atoms with Gasteiger partial charge in [-0.3, -0.25) is 4.79 Å². The fourth-order valence-electron chi connectivity index (χ4n) is 1.56. The Morgan fingerprint density at radius 2 is 2.05 bits per heavy atom. The molecule has 2 atom stereocenters. The molecule has 0 aliphatic carbocycles. The van der Waals surface area contributed by atoms with Crippen LogP contribution in [-0.4, -0.2) is 18.1 Å². The molecule has 1 aromatic rings. The second-order valence-corrected chi connectivity index (χ2v) is 4.35. The quantitative estimate of drug-likeness (QED) is 0.909. The van der Waals surface area contributed by atoms with Crippen LogP contribution in [0.2, 0.25) is 0 Å². The maximum Gasteiger partial charge on any atom is 0.419 e. The predicted octanol–water partition coefficient (Wildman–Crippen LogP) is 2.89. The Bertz CT molecular complexity index is 538. The van der Waals surface area contributed by atoms with Gasteiger partial charge in [0.25, 0.3) is 5.91 Å². The number of benzene rings is 1. The first-order chi connectivity index (χ1) is 9.79. The molecule has 0 radical (unpaired) electrons. The fraction of sp³-hybridized carbons (Fsp3) is 0.429. The Kier molecular flexibility index (Phi) is 5.59. The van der Waals surface area contributed by atoms with Crippen LogP contribution in [0.15, 0.2) is 24.3 Å². The molecule has 114 valence electrons. The van der Waals surface area contributed by atoms with Crippen LogP contribution < -0.4 is 10.1 Å². The highest BCUT2D eigenvalue weighted by Gasteiger charge is 2.34. The summed E-state index contributed by atoms with van der Waals surface area (Å²) in [6.07, 6.45) is -5.31. The van der Waals surface area contributed by atoms with Gasteiger partial charge in [0.05, 0.1) is 11.6 Å². The molecule has 0 spiro atoms. The SMILES string of the molecule is CC[C@@H](C#N)NC(=O)[C@@H](C)Oc1ccccc1C(F)(F)F. The number of nitrogens with zero attached hydrogens (tertiary/aromatic N) is 1. The molecule has 0 heterocycles. The monoisotopic (exact) mass is 300 g/mol.